The number of amides is 1. The molecule has 1 atom stereocenters. The summed E-state index contributed by atoms with van der Waals surface area (Å²) >= 11 is 0. The van der Waals surface area contributed by atoms with Crippen molar-refractivity contribution in [1.29, 1.82) is 0 Å². The fraction of sp³-hybridized carbons (Fsp3) is 0.500. The van der Waals surface area contributed by atoms with Crippen molar-refractivity contribution in [2.45, 2.75) is 46.1 Å². The molecular formula is C16H24N2O. The van der Waals surface area contributed by atoms with Crippen LogP contribution in [-0.4, -0.2) is 10.9 Å². The Morgan fingerprint density at radius 2 is 2.21 bits per heavy atom. The van der Waals surface area contributed by atoms with Crippen molar-refractivity contribution in [2.24, 2.45) is 5.92 Å². The molecule has 1 heterocycles. The average molecular weight is 260 g/mol. The van der Waals surface area contributed by atoms with Gasteiger partial charge >= 0.3 is 0 Å². The molecular weight excluding hydrogens is 236 g/mol. The van der Waals surface area contributed by atoms with Crippen molar-refractivity contribution >= 4 is 5.91 Å². The highest BCUT2D eigenvalue weighted by Crippen LogP contribution is 2.20. The lowest BCUT2D eigenvalue weighted by Crippen LogP contribution is -2.29. The largest absolute Gasteiger partial charge is 0.349 e. The minimum absolute atomic E-state index is 0.0521. The zero-order valence-electron chi connectivity index (χ0n) is 12.1. The Kier molecular flexibility index (Phi) is 6.86. The van der Waals surface area contributed by atoms with Gasteiger partial charge in [-0.2, -0.15) is 0 Å². The van der Waals surface area contributed by atoms with E-state index >= 15 is 0 Å². The van der Waals surface area contributed by atoms with E-state index in [4.69, 9.17) is 0 Å². The number of carbonyl (C=O) groups excluding carboxylic acids is 1. The fourth-order valence-corrected chi connectivity index (χ4v) is 1.94. The summed E-state index contributed by atoms with van der Waals surface area (Å²) in [6.45, 7) is 6.38. The van der Waals surface area contributed by atoms with E-state index in [1.165, 1.54) is 0 Å². The van der Waals surface area contributed by atoms with Gasteiger partial charge in [0.2, 0.25) is 5.91 Å². The molecule has 0 fully saturated rings. The Balaban J connectivity index is 2.65. The highest BCUT2D eigenvalue weighted by Gasteiger charge is 2.15. The van der Waals surface area contributed by atoms with Gasteiger partial charge in [0.05, 0.1) is 6.04 Å². The summed E-state index contributed by atoms with van der Waals surface area (Å²) in [6, 6.07) is 3.98. The van der Waals surface area contributed by atoms with Gasteiger partial charge in [0.25, 0.3) is 0 Å². The molecule has 0 aliphatic rings. The van der Waals surface area contributed by atoms with Gasteiger partial charge in [0, 0.05) is 18.8 Å². The monoisotopic (exact) mass is 260 g/mol. The Morgan fingerprint density at radius 1 is 1.42 bits per heavy atom. The molecule has 1 rings (SSSR count). The molecule has 0 saturated carbocycles. The van der Waals surface area contributed by atoms with E-state index in [2.05, 4.69) is 31.1 Å². The van der Waals surface area contributed by atoms with Crippen LogP contribution in [0.5, 0.6) is 0 Å². The number of carbonyl (C=O) groups is 1. The maximum Gasteiger partial charge on any atom is 0.224 e. The Hall–Kier alpha value is -1.64. The van der Waals surface area contributed by atoms with Gasteiger partial charge in [-0.05, 0) is 30.4 Å². The van der Waals surface area contributed by atoms with Crippen LogP contribution >= 0.6 is 0 Å². The lowest BCUT2D eigenvalue weighted by molar-refractivity contribution is -0.121. The zero-order valence-corrected chi connectivity index (χ0v) is 12.1. The molecule has 0 radical (unpaired) electrons. The molecule has 1 N–H and O–H groups in total. The van der Waals surface area contributed by atoms with E-state index in [0.29, 0.717) is 12.3 Å². The average Bonchev–Trinajstić information content (AvgIpc) is 2.39. The van der Waals surface area contributed by atoms with Gasteiger partial charge in [-0.15, -0.1) is 0 Å². The second kappa shape index (κ2) is 8.46. The molecule has 0 bridgehead atoms. The fourth-order valence-electron chi connectivity index (χ4n) is 1.94. The van der Waals surface area contributed by atoms with Crippen molar-refractivity contribution in [1.82, 2.24) is 10.3 Å². The topological polar surface area (TPSA) is 42.0 Å². The number of rotatable bonds is 7. The lowest BCUT2D eigenvalue weighted by atomic mass is 9.98. The molecule has 3 nitrogen and oxygen atoms in total. The second-order valence-corrected chi connectivity index (χ2v) is 5.12. The van der Waals surface area contributed by atoms with Crippen LogP contribution < -0.4 is 5.32 Å². The lowest BCUT2D eigenvalue weighted by Gasteiger charge is -2.20. The third-order valence-electron chi connectivity index (χ3n) is 2.83. The second-order valence-electron chi connectivity index (χ2n) is 5.12. The summed E-state index contributed by atoms with van der Waals surface area (Å²) in [5.41, 5.74) is 1.07. The SMILES string of the molecule is CCC=CCC(=O)NC(CC(C)C)c1cccnc1. The summed E-state index contributed by atoms with van der Waals surface area (Å²) in [7, 11) is 0. The van der Waals surface area contributed by atoms with Crippen molar-refractivity contribution < 1.29 is 4.79 Å². The summed E-state index contributed by atoms with van der Waals surface area (Å²) in [4.78, 5) is 16.0. The van der Waals surface area contributed by atoms with Gasteiger partial charge in [-0.25, -0.2) is 0 Å². The van der Waals surface area contributed by atoms with Gasteiger partial charge in [-0.1, -0.05) is 39.0 Å². The number of aromatic nitrogens is 1. The Bertz CT molecular complexity index is 398. The normalized spacial score (nSPS) is 12.8. The summed E-state index contributed by atoms with van der Waals surface area (Å²) in [5.74, 6) is 0.593. The number of hydrogen-bond donors (Lipinski definition) is 1. The van der Waals surface area contributed by atoms with Crippen LogP contribution in [0.1, 0.15) is 51.6 Å². The third-order valence-corrected chi connectivity index (χ3v) is 2.83. The summed E-state index contributed by atoms with van der Waals surface area (Å²) in [5, 5.41) is 3.09. The molecule has 0 aliphatic heterocycles. The minimum atomic E-state index is 0.0521. The minimum Gasteiger partial charge on any atom is -0.349 e. The predicted octanol–water partition coefficient (Wildman–Crippen LogP) is 3.64. The van der Waals surface area contributed by atoms with Crippen LogP contribution in [0.25, 0.3) is 0 Å². The van der Waals surface area contributed by atoms with E-state index in [-0.39, 0.29) is 11.9 Å². The molecule has 1 amide bonds. The van der Waals surface area contributed by atoms with Crippen molar-refractivity contribution in [3.8, 4) is 0 Å². The van der Waals surface area contributed by atoms with E-state index in [9.17, 15) is 4.79 Å². The summed E-state index contributed by atoms with van der Waals surface area (Å²) in [6.07, 6.45) is 9.85. The van der Waals surface area contributed by atoms with Crippen LogP contribution in [0.2, 0.25) is 0 Å². The van der Waals surface area contributed by atoms with Crippen molar-refractivity contribution in [2.75, 3.05) is 0 Å². The Labute approximate surface area is 116 Å². The van der Waals surface area contributed by atoms with E-state index in [1.54, 1.807) is 6.20 Å². The number of nitrogens with zero attached hydrogens (tertiary/aromatic N) is 1. The first kappa shape index (κ1) is 15.4. The first-order valence-electron chi connectivity index (χ1n) is 6.97. The highest BCUT2D eigenvalue weighted by molar-refractivity contribution is 5.77. The van der Waals surface area contributed by atoms with Crippen LogP contribution in [0.3, 0.4) is 0 Å². The quantitative estimate of drug-likeness (QED) is 0.760. The third kappa shape index (κ3) is 6.18. The molecule has 0 aliphatic carbocycles. The summed E-state index contributed by atoms with van der Waals surface area (Å²) < 4.78 is 0. The number of pyridine rings is 1. The molecule has 0 aromatic carbocycles. The molecule has 104 valence electrons. The van der Waals surface area contributed by atoms with Crippen molar-refractivity contribution in [3.63, 3.8) is 0 Å². The van der Waals surface area contributed by atoms with Gasteiger partial charge < -0.3 is 5.32 Å². The molecule has 19 heavy (non-hydrogen) atoms. The molecule has 1 aromatic rings. The van der Waals surface area contributed by atoms with Gasteiger partial charge in [0.15, 0.2) is 0 Å². The molecule has 1 unspecified atom stereocenters. The molecule has 3 heteroatoms. The standard InChI is InChI=1S/C16H24N2O/c1-4-5-6-9-16(19)18-15(11-13(2)3)14-8-7-10-17-12-14/h5-8,10,12-13,15H,4,9,11H2,1-3H3,(H,18,19). The molecule has 0 spiro atoms. The zero-order chi connectivity index (χ0) is 14.1. The van der Waals surface area contributed by atoms with Crippen LogP contribution in [-0.2, 0) is 4.79 Å². The number of hydrogen-bond acceptors (Lipinski definition) is 2. The molecule has 0 saturated heterocycles. The Morgan fingerprint density at radius 3 is 2.79 bits per heavy atom. The van der Waals surface area contributed by atoms with E-state index < -0.39 is 0 Å². The highest BCUT2D eigenvalue weighted by atomic mass is 16.1. The first-order chi connectivity index (χ1) is 9.13. The van der Waals surface area contributed by atoms with Crippen molar-refractivity contribution in [3.05, 3.63) is 42.2 Å². The number of allylic oxidation sites excluding steroid dienone is 1. The van der Waals surface area contributed by atoms with Crippen LogP contribution in [0, 0.1) is 5.92 Å². The van der Waals surface area contributed by atoms with Crippen LogP contribution in [0.4, 0.5) is 0 Å². The number of nitrogens with one attached hydrogen (secondary N) is 1. The van der Waals surface area contributed by atoms with Gasteiger partial charge in [-0.3, -0.25) is 9.78 Å². The predicted molar refractivity (Wildman–Crippen MR) is 78.6 cm³/mol. The van der Waals surface area contributed by atoms with E-state index in [0.717, 1.165) is 18.4 Å². The van der Waals surface area contributed by atoms with Crippen LogP contribution in [0.15, 0.2) is 36.7 Å². The van der Waals surface area contributed by atoms with E-state index in [1.807, 2.05) is 30.5 Å². The first-order valence-corrected chi connectivity index (χ1v) is 6.97. The van der Waals surface area contributed by atoms with Gasteiger partial charge in [0.1, 0.15) is 0 Å². The smallest absolute Gasteiger partial charge is 0.224 e. The molecule has 1 aromatic heterocycles. The maximum absolute atomic E-state index is 11.9. The maximum atomic E-state index is 11.9.